The van der Waals surface area contributed by atoms with Crippen LogP contribution in [0.1, 0.15) is 23.6 Å². The average molecular weight is 346 g/mol. The molecule has 0 aliphatic heterocycles. The highest BCUT2D eigenvalue weighted by Crippen LogP contribution is 2.22. The van der Waals surface area contributed by atoms with E-state index in [1.54, 1.807) is 19.1 Å². The van der Waals surface area contributed by atoms with E-state index in [4.69, 9.17) is 5.26 Å². The van der Waals surface area contributed by atoms with Gasteiger partial charge in [0.15, 0.2) is 0 Å². The molecule has 0 spiro atoms. The highest BCUT2D eigenvalue weighted by molar-refractivity contribution is 7.99. The Hall–Kier alpha value is -1.81. The summed E-state index contributed by atoms with van der Waals surface area (Å²) in [6.07, 6.45) is 0. The third-order valence-electron chi connectivity index (χ3n) is 3.36. The van der Waals surface area contributed by atoms with Crippen molar-refractivity contribution in [2.75, 3.05) is 12.3 Å². The number of aliphatic hydroxyl groups is 1. The van der Waals surface area contributed by atoms with Crippen LogP contribution in [0, 0.1) is 11.3 Å². The molecule has 120 valence electrons. The normalized spacial score (nSPS) is 13.1. The topological polar surface area (TPSA) is 73.1 Å². The number of thiophene rings is 1. The molecule has 2 rings (SSSR count). The van der Waals surface area contributed by atoms with Crippen molar-refractivity contribution in [1.82, 2.24) is 5.32 Å². The fourth-order valence-corrected chi connectivity index (χ4v) is 3.53. The Balaban J connectivity index is 1.72. The third-order valence-corrected chi connectivity index (χ3v) is 5.04. The molecule has 0 fully saturated rings. The fraction of sp³-hybridized carbons (Fsp3) is 0.294. The van der Waals surface area contributed by atoms with E-state index in [1.807, 2.05) is 29.0 Å². The molecular formula is C17H18N2O2S2. The number of nitriles is 1. The number of carbonyl (C=O) groups excluding carboxylic acids is 1. The lowest BCUT2D eigenvalue weighted by Crippen LogP contribution is -2.39. The predicted molar refractivity (Wildman–Crippen MR) is 94.2 cm³/mol. The standard InChI is InChI=1S/C17H18N2O2S2/c1-17(21,15-6-7-22-10-15)12-19-16(20)11-23-9-14-4-2-13(8-18)3-5-14/h2-7,10,21H,9,11-12H2,1H3,(H,19,20). The molecule has 6 heteroatoms. The van der Waals surface area contributed by atoms with Gasteiger partial charge in [-0.15, -0.1) is 11.8 Å². The molecule has 1 aromatic carbocycles. The van der Waals surface area contributed by atoms with E-state index in [-0.39, 0.29) is 12.5 Å². The van der Waals surface area contributed by atoms with E-state index in [9.17, 15) is 9.90 Å². The summed E-state index contributed by atoms with van der Waals surface area (Å²) in [5, 5.41) is 25.6. The minimum Gasteiger partial charge on any atom is -0.384 e. The van der Waals surface area contributed by atoms with Gasteiger partial charge in [-0.1, -0.05) is 12.1 Å². The summed E-state index contributed by atoms with van der Waals surface area (Å²) in [6.45, 7) is 1.89. The average Bonchev–Trinajstić information content (AvgIpc) is 3.09. The van der Waals surface area contributed by atoms with Crippen molar-refractivity contribution in [1.29, 1.82) is 5.26 Å². The lowest BCUT2D eigenvalue weighted by Gasteiger charge is -2.22. The van der Waals surface area contributed by atoms with Crippen LogP contribution in [0.25, 0.3) is 0 Å². The van der Waals surface area contributed by atoms with Gasteiger partial charge in [0, 0.05) is 5.75 Å². The van der Waals surface area contributed by atoms with Crippen LogP contribution in [0.4, 0.5) is 0 Å². The van der Waals surface area contributed by atoms with Crippen molar-refractivity contribution in [2.24, 2.45) is 0 Å². The molecule has 0 saturated heterocycles. The molecule has 1 aromatic heterocycles. The number of nitrogens with zero attached hydrogens (tertiary/aromatic N) is 1. The van der Waals surface area contributed by atoms with Crippen LogP contribution in [-0.2, 0) is 16.1 Å². The number of nitrogens with one attached hydrogen (secondary N) is 1. The molecular weight excluding hydrogens is 328 g/mol. The zero-order chi connectivity index (χ0) is 16.7. The Kier molecular flexibility index (Phi) is 6.22. The number of hydrogen-bond acceptors (Lipinski definition) is 5. The minimum absolute atomic E-state index is 0.0980. The Morgan fingerprint density at radius 2 is 2.13 bits per heavy atom. The van der Waals surface area contributed by atoms with Crippen molar-refractivity contribution in [3.8, 4) is 6.07 Å². The molecule has 0 bridgehead atoms. The molecule has 0 saturated carbocycles. The molecule has 1 heterocycles. The van der Waals surface area contributed by atoms with Gasteiger partial charge in [0.05, 0.1) is 23.9 Å². The van der Waals surface area contributed by atoms with Gasteiger partial charge in [-0.05, 0) is 47.0 Å². The lowest BCUT2D eigenvalue weighted by atomic mass is 9.99. The van der Waals surface area contributed by atoms with Crippen LogP contribution in [0.2, 0.25) is 0 Å². The molecule has 0 radical (unpaired) electrons. The summed E-state index contributed by atoms with van der Waals surface area (Å²) in [5.74, 6) is 0.943. The second-order valence-electron chi connectivity index (χ2n) is 5.36. The first kappa shape index (κ1) is 17.5. The summed E-state index contributed by atoms with van der Waals surface area (Å²) in [7, 11) is 0. The summed E-state index contributed by atoms with van der Waals surface area (Å²) >= 11 is 3.02. The summed E-state index contributed by atoms with van der Waals surface area (Å²) in [4.78, 5) is 11.9. The molecule has 4 nitrogen and oxygen atoms in total. The monoisotopic (exact) mass is 346 g/mol. The van der Waals surface area contributed by atoms with E-state index < -0.39 is 5.60 Å². The van der Waals surface area contributed by atoms with Crippen molar-refractivity contribution in [2.45, 2.75) is 18.3 Å². The maximum Gasteiger partial charge on any atom is 0.230 e. The van der Waals surface area contributed by atoms with Crippen LogP contribution < -0.4 is 5.32 Å². The van der Waals surface area contributed by atoms with E-state index in [0.717, 1.165) is 11.1 Å². The quantitative estimate of drug-likeness (QED) is 0.808. The molecule has 1 atom stereocenters. The number of benzene rings is 1. The molecule has 23 heavy (non-hydrogen) atoms. The first-order valence-electron chi connectivity index (χ1n) is 7.10. The first-order valence-corrected chi connectivity index (χ1v) is 9.19. The first-order chi connectivity index (χ1) is 11.0. The fourth-order valence-electron chi connectivity index (χ4n) is 1.93. The maximum atomic E-state index is 11.9. The van der Waals surface area contributed by atoms with Crippen LogP contribution in [0.5, 0.6) is 0 Å². The van der Waals surface area contributed by atoms with Gasteiger partial charge in [-0.3, -0.25) is 4.79 Å². The van der Waals surface area contributed by atoms with E-state index in [1.165, 1.54) is 23.1 Å². The Morgan fingerprint density at radius 3 is 2.74 bits per heavy atom. The molecule has 0 aliphatic carbocycles. The van der Waals surface area contributed by atoms with Gasteiger partial charge in [0.1, 0.15) is 5.60 Å². The smallest absolute Gasteiger partial charge is 0.230 e. The van der Waals surface area contributed by atoms with E-state index >= 15 is 0 Å². The Morgan fingerprint density at radius 1 is 1.39 bits per heavy atom. The van der Waals surface area contributed by atoms with Gasteiger partial charge >= 0.3 is 0 Å². The Labute approximate surface area is 144 Å². The SMILES string of the molecule is CC(O)(CNC(=O)CSCc1ccc(C#N)cc1)c1ccsc1. The molecule has 2 aromatic rings. The van der Waals surface area contributed by atoms with Crippen molar-refractivity contribution >= 4 is 29.0 Å². The van der Waals surface area contributed by atoms with Gasteiger partial charge in [0.2, 0.25) is 5.91 Å². The lowest BCUT2D eigenvalue weighted by molar-refractivity contribution is -0.119. The van der Waals surface area contributed by atoms with Crippen LogP contribution in [-0.4, -0.2) is 23.3 Å². The molecule has 0 aliphatic rings. The van der Waals surface area contributed by atoms with Gasteiger partial charge < -0.3 is 10.4 Å². The van der Waals surface area contributed by atoms with E-state index in [0.29, 0.717) is 17.1 Å². The number of carbonyl (C=O) groups is 1. The zero-order valence-electron chi connectivity index (χ0n) is 12.8. The number of rotatable bonds is 7. The second-order valence-corrected chi connectivity index (χ2v) is 7.13. The van der Waals surface area contributed by atoms with Gasteiger partial charge in [-0.2, -0.15) is 16.6 Å². The summed E-state index contributed by atoms with van der Waals surface area (Å²) < 4.78 is 0. The molecule has 1 unspecified atom stereocenters. The summed E-state index contributed by atoms with van der Waals surface area (Å²) in [5.41, 5.74) is 1.47. The predicted octanol–water partition coefficient (Wildman–Crippen LogP) is 2.88. The number of thioether (sulfide) groups is 1. The zero-order valence-corrected chi connectivity index (χ0v) is 14.4. The molecule has 2 N–H and O–H groups in total. The third kappa shape index (κ3) is 5.39. The van der Waals surface area contributed by atoms with Crippen molar-refractivity contribution in [3.63, 3.8) is 0 Å². The Bertz CT molecular complexity index is 674. The highest BCUT2D eigenvalue weighted by atomic mass is 32.2. The van der Waals surface area contributed by atoms with Crippen LogP contribution >= 0.6 is 23.1 Å². The van der Waals surface area contributed by atoms with Gasteiger partial charge in [0.25, 0.3) is 0 Å². The minimum atomic E-state index is -1.05. The number of hydrogen-bond donors (Lipinski definition) is 2. The van der Waals surface area contributed by atoms with E-state index in [2.05, 4.69) is 11.4 Å². The van der Waals surface area contributed by atoms with Crippen molar-refractivity contribution < 1.29 is 9.90 Å². The maximum absolute atomic E-state index is 11.9. The van der Waals surface area contributed by atoms with Crippen molar-refractivity contribution in [3.05, 3.63) is 57.8 Å². The second kappa shape index (κ2) is 8.16. The molecule has 1 amide bonds. The van der Waals surface area contributed by atoms with Crippen LogP contribution in [0.15, 0.2) is 41.1 Å². The largest absolute Gasteiger partial charge is 0.384 e. The van der Waals surface area contributed by atoms with Crippen LogP contribution in [0.3, 0.4) is 0 Å². The summed E-state index contributed by atoms with van der Waals surface area (Å²) in [6, 6.07) is 11.3. The van der Waals surface area contributed by atoms with Gasteiger partial charge in [-0.25, -0.2) is 0 Å². The highest BCUT2D eigenvalue weighted by Gasteiger charge is 2.23. The number of amides is 1.